The summed E-state index contributed by atoms with van der Waals surface area (Å²) in [5, 5.41) is 18.3. The predicted molar refractivity (Wildman–Crippen MR) is 117 cm³/mol. The Morgan fingerprint density at radius 1 is 1.41 bits per heavy atom. The van der Waals surface area contributed by atoms with Crippen molar-refractivity contribution in [3.05, 3.63) is 73.2 Å². The summed E-state index contributed by atoms with van der Waals surface area (Å²) in [5.74, 6) is -0.175. The maximum absolute atomic E-state index is 14.5. The summed E-state index contributed by atoms with van der Waals surface area (Å²) in [6, 6.07) is 5.28. The van der Waals surface area contributed by atoms with Gasteiger partial charge in [0.15, 0.2) is 11.1 Å². The van der Waals surface area contributed by atoms with Crippen molar-refractivity contribution < 1.29 is 9.50 Å². The molecule has 4 aromatic rings. The molecule has 0 radical (unpaired) electrons. The molecular weight excluding hydrogens is 437 g/mol. The van der Waals surface area contributed by atoms with Gasteiger partial charge in [-0.15, -0.1) is 0 Å². The van der Waals surface area contributed by atoms with Gasteiger partial charge in [0.05, 0.1) is 12.2 Å². The van der Waals surface area contributed by atoms with E-state index in [1.807, 2.05) is 0 Å². The summed E-state index contributed by atoms with van der Waals surface area (Å²) in [6.07, 6.45) is 5.15. The Morgan fingerprint density at radius 3 is 2.94 bits per heavy atom. The molecule has 3 aromatic heterocycles. The normalized spacial score (nSPS) is 15.1. The number of aryl methyl sites for hydroxylation is 1. The Bertz CT molecular complexity index is 1520. The number of rotatable bonds is 5. The van der Waals surface area contributed by atoms with E-state index in [9.17, 15) is 14.3 Å². The minimum atomic E-state index is -0.526. The summed E-state index contributed by atoms with van der Waals surface area (Å²) < 4.78 is 16.1. The van der Waals surface area contributed by atoms with Gasteiger partial charge in [-0.3, -0.25) is 9.98 Å². The maximum atomic E-state index is 14.5. The van der Waals surface area contributed by atoms with Crippen molar-refractivity contribution in [3.8, 4) is 5.88 Å². The molecule has 9 nitrogen and oxygen atoms in total. The lowest BCUT2D eigenvalue weighted by atomic mass is 10.1. The first-order valence-corrected chi connectivity index (χ1v) is 10.4. The highest BCUT2D eigenvalue weighted by Gasteiger charge is 2.20. The number of nitrogens with one attached hydrogen (secondary N) is 3. The molecule has 0 amide bonds. The van der Waals surface area contributed by atoms with Crippen LogP contribution in [-0.2, 0) is 6.54 Å². The second-order valence-electron chi connectivity index (χ2n) is 7.69. The molecular formula is C21H19ClFN7O2. The lowest BCUT2D eigenvalue weighted by Crippen LogP contribution is -2.20. The number of aromatic hydroxyl groups is 1. The smallest absolute Gasteiger partial charge is 0.326 e. The molecule has 32 heavy (non-hydrogen) atoms. The molecule has 1 aromatic carbocycles. The van der Waals surface area contributed by atoms with Crippen LogP contribution in [0.15, 0.2) is 34.2 Å². The molecule has 11 heteroatoms. The topological polar surface area (TPSA) is 123 Å². The number of aromatic amines is 2. The number of anilines is 1. The van der Waals surface area contributed by atoms with Crippen LogP contribution in [0, 0.1) is 12.7 Å². The van der Waals surface area contributed by atoms with Crippen LogP contribution < -0.4 is 21.7 Å². The molecule has 0 bridgehead atoms. The Morgan fingerprint density at radius 2 is 2.22 bits per heavy atom. The molecule has 0 spiro atoms. The molecule has 0 unspecified atom stereocenters. The number of aromatic nitrogens is 5. The second-order valence-corrected chi connectivity index (χ2v) is 8.10. The molecule has 3 heterocycles. The van der Waals surface area contributed by atoms with Crippen LogP contribution in [0.3, 0.4) is 0 Å². The SMILES string of the molecule is Cc1ccc(Cl)c(CNc2cc(=NC3CC3)n3nc/c(=C\c4[nH]c(=O)[nH]c4O)c3n2)c1F. The number of H-pyrrole nitrogens is 2. The Labute approximate surface area is 185 Å². The van der Waals surface area contributed by atoms with Crippen molar-refractivity contribution in [2.45, 2.75) is 32.4 Å². The van der Waals surface area contributed by atoms with Crippen LogP contribution in [0.1, 0.15) is 29.7 Å². The first kappa shape index (κ1) is 20.3. The number of halogens is 2. The largest absolute Gasteiger partial charge is 0.493 e. The lowest BCUT2D eigenvalue weighted by molar-refractivity contribution is 0.454. The fourth-order valence-corrected chi connectivity index (χ4v) is 3.56. The van der Waals surface area contributed by atoms with Gasteiger partial charge in [-0.05, 0) is 37.5 Å². The Hall–Kier alpha value is -3.66. The van der Waals surface area contributed by atoms with Gasteiger partial charge in [-0.1, -0.05) is 17.7 Å². The molecule has 0 aliphatic heterocycles. The standard InChI is InChI=1S/C21H19ClFN7O2/c1-10-2-5-14(22)13(18(10)23)9-24-16-7-17(26-12-3-4-12)30-19(28-16)11(8-25-30)6-15-20(31)29-21(32)27-15/h2,5-8,12,24,31H,3-4,9H2,1H3,(H2,27,29,32)/b11-6+,26-17?. The zero-order valence-corrected chi connectivity index (χ0v) is 17.7. The number of benzene rings is 1. The molecule has 1 aliphatic rings. The van der Waals surface area contributed by atoms with E-state index in [4.69, 9.17) is 16.6 Å². The summed E-state index contributed by atoms with van der Waals surface area (Å²) in [5.41, 5.74) is 1.60. The average molecular weight is 456 g/mol. The average Bonchev–Trinajstić information content (AvgIpc) is 3.39. The van der Waals surface area contributed by atoms with E-state index in [0.717, 1.165) is 12.8 Å². The zero-order valence-electron chi connectivity index (χ0n) is 17.0. The first-order chi connectivity index (χ1) is 15.4. The van der Waals surface area contributed by atoms with Crippen LogP contribution in [0.5, 0.6) is 5.88 Å². The van der Waals surface area contributed by atoms with Crippen LogP contribution in [-0.4, -0.2) is 35.7 Å². The van der Waals surface area contributed by atoms with Crippen molar-refractivity contribution in [3.63, 3.8) is 0 Å². The number of fused-ring (bicyclic) bond motifs is 1. The molecule has 0 saturated heterocycles. The highest BCUT2D eigenvalue weighted by atomic mass is 35.5. The van der Waals surface area contributed by atoms with E-state index in [0.29, 0.717) is 38.3 Å². The molecule has 1 saturated carbocycles. The number of hydrogen-bond acceptors (Lipinski definition) is 6. The third-order valence-electron chi connectivity index (χ3n) is 5.20. The summed E-state index contributed by atoms with van der Waals surface area (Å²) in [7, 11) is 0. The third kappa shape index (κ3) is 3.84. The van der Waals surface area contributed by atoms with E-state index in [1.54, 1.807) is 41.9 Å². The summed E-state index contributed by atoms with van der Waals surface area (Å²) >= 11 is 6.19. The first-order valence-electron chi connectivity index (χ1n) is 10.0. The minimum absolute atomic E-state index is 0.136. The van der Waals surface area contributed by atoms with Crippen LogP contribution in [0.25, 0.3) is 11.7 Å². The Kier molecular flexibility index (Phi) is 4.93. The number of hydrogen-bond donors (Lipinski definition) is 4. The van der Waals surface area contributed by atoms with Crippen molar-refractivity contribution in [1.29, 1.82) is 0 Å². The fraction of sp³-hybridized carbons (Fsp3) is 0.238. The van der Waals surface area contributed by atoms with E-state index in [2.05, 4.69) is 25.4 Å². The van der Waals surface area contributed by atoms with Crippen molar-refractivity contribution in [1.82, 2.24) is 24.6 Å². The van der Waals surface area contributed by atoms with Gasteiger partial charge in [-0.2, -0.15) is 9.61 Å². The van der Waals surface area contributed by atoms with Gasteiger partial charge < -0.3 is 15.4 Å². The fourth-order valence-electron chi connectivity index (χ4n) is 3.34. The number of nitrogens with zero attached hydrogens (tertiary/aromatic N) is 4. The van der Waals surface area contributed by atoms with E-state index in [1.165, 1.54) is 0 Å². The van der Waals surface area contributed by atoms with Gasteiger partial charge >= 0.3 is 5.69 Å². The second kappa shape index (κ2) is 7.79. The maximum Gasteiger partial charge on any atom is 0.326 e. The van der Waals surface area contributed by atoms with E-state index >= 15 is 0 Å². The van der Waals surface area contributed by atoms with Crippen LogP contribution in [0.2, 0.25) is 5.02 Å². The molecule has 4 N–H and O–H groups in total. The van der Waals surface area contributed by atoms with Gasteiger partial charge in [-0.25, -0.2) is 14.2 Å². The predicted octanol–water partition coefficient (Wildman–Crippen LogP) is 1.78. The van der Waals surface area contributed by atoms with Gasteiger partial charge in [0.1, 0.15) is 17.3 Å². The molecule has 1 fully saturated rings. The van der Waals surface area contributed by atoms with Crippen LogP contribution >= 0.6 is 11.6 Å². The van der Waals surface area contributed by atoms with Crippen molar-refractivity contribution in [2.75, 3.05) is 5.32 Å². The third-order valence-corrected chi connectivity index (χ3v) is 5.56. The quantitative estimate of drug-likeness (QED) is 0.365. The van der Waals surface area contributed by atoms with E-state index in [-0.39, 0.29) is 30.0 Å². The van der Waals surface area contributed by atoms with Crippen molar-refractivity contribution in [2.24, 2.45) is 4.99 Å². The van der Waals surface area contributed by atoms with Gasteiger partial charge in [0, 0.05) is 28.4 Å². The van der Waals surface area contributed by atoms with Gasteiger partial charge in [0.25, 0.3) is 0 Å². The highest BCUT2D eigenvalue weighted by molar-refractivity contribution is 6.31. The zero-order chi connectivity index (χ0) is 22.4. The van der Waals surface area contributed by atoms with Gasteiger partial charge in [0.2, 0.25) is 5.88 Å². The lowest BCUT2D eigenvalue weighted by Gasteiger charge is -2.10. The van der Waals surface area contributed by atoms with Crippen molar-refractivity contribution >= 4 is 29.1 Å². The molecule has 164 valence electrons. The Balaban J connectivity index is 1.60. The van der Waals surface area contributed by atoms with E-state index < -0.39 is 5.69 Å². The number of imidazole rings is 1. The minimum Gasteiger partial charge on any atom is -0.493 e. The highest BCUT2D eigenvalue weighted by Crippen LogP contribution is 2.24. The summed E-state index contributed by atoms with van der Waals surface area (Å²) in [6.45, 7) is 1.82. The summed E-state index contributed by atoms with van der Waals surface area (Å²) in [4.78, 5) is 25.5. The monoisotopic (exact) mass is 455 g/mol. The molecule has 1 aliphatic carbocycles. The molecule has 0 atom stereocenters. The molecule has 5 rings (SSSR count). The van der Waals surface area contributed by atoms with Crippen LogP contribution in [0.4, 0.5) is 10.2 Å².